The normalized spacial score (nSPS) is 18.0. The second-order valence-corrected chi connectivity index (χ2v) is 8.73. The summed E-state index contributed by atoms with van der Waals surface area (Å²) in [7, 11) is 3.23. The van der Waals surface area contributed by atoms with Gasteiger partial charge in [0.1, 0.15) is 5.82 Å². The van der Waals surface area contributed by atoms with Crippen LogP contribution in [0.25, 0.3) is 0 Å². The molecule has 1 saturated heterocycles. The molecule has 0 spiro atoms. The van der Waals surface area contributed by atoms with Gasteiger partial charge in [-0.15, -0.1) is 0 Å². The molecule has 3 rings (SSSR count). The molecule has 0 N–H and O–H groups in total. The molecular formula is C27H34FNO5. The molecule has 0 aromatic heterocycles. The third-order valence-corrected chi connectivity index (χ3v) is 6.61. The first-order valence-electron chi connectivity index (χ1n) is 11.8. The zero-order valence-electron chi connectivity index (χ0n) is 20.3. The van der Waals surface area contributed by atoms with Crippen LogP contribution in [0, 0.1) is 5.82 Å². The maximum Gasteiger partial charge on any atom is 0.305 e. The van der Waals surface area contributed by atoms with Crippen molar-refractivity contribution in [2.75, 3.05) is 40.5 Å². The topological polar surface area (TPSA) is 65.1 Å². The SMILES string of the molecule is CCC(=O)OCCC1(c2ccc(OC)c(OC)c2)CCN(CCCC(=O)c2ccc(F)cc2)C1. The van der Waals surface area contributed by atoms with Crippen molar-refractivity contribution >= 4 is 11.8 Å². The average molecular weight is 472 g/mol. The van der Waals surface area contributed by atoms with Crippen molar-refractivity contribution in [3.63, 3.8) is 0 Å². The molecular weight excluding hydrogens is 437 g/mol. The van der Waals surface area contributed by atoms with E-state index >= 15 is 0 Å². The highest BCUT2D eigenvalue weighted by Crippen LogP contribution is 2.41. The van der Waals surface area contributed by atoms with Crippen molar-refractivity contribution in [1.82, 2.24) is 4.90 Å². The van der Waals surface area contributed by atoms with Gasteiger partial charge in [0.05, 0.1) is 20.8 Å². The van der Waals surface area contributed by atoms with Gasteiger partial charge in [-0.05, 0) is 74.3 Å². The van der Waals surface area contributed by atoms with E-state index in [1.54, 1.807) is 21.1 Å². The average Bonchev–Trinajstić information content (AvgIpc) is 3.27. The van der Waals surface area contributed by atoms with Gasteiger partial charge in [-0.25, -0.2) is 4.39 Å². The van der Waals surface area contributed by atoms with Crippen LogP contribution in [0.1, 0.15) is 54.9 Å². The second kappa shape index (κ2) is 12.0. The molecule has 1 aliphatic rings. The van der Waals surface area contributed by atoms with Gasteiger partial charge in [-0.2, -0.15) is 0 Å². The Labute approximate surface area is 201 Å². The van der Waals surface area contributed by atoms with Crippen molar-refractivity contribution in [2.45, 2.75) is 44.4 Å². The van der Waals surface area contributed by atoms with Crippen molar-refractivity contribution in [2.24, 2.45) is 0 Å². The fourth-order valence-corrected chi connectivity index (χ4v) is 4.60. The number of hydrogen-bond acceptors (Lipinski definition) is 6. The lowest BCUT2D eigenvalue weighted by molar-refractivity contribution is -0.143. The van der Waals surface area contributed by atoms with Crippen LogP contribution in [0.15, 0.2) is 42.5 Å². The molecule has 1 aliphatic heterocycles. The number of Topliss-reactive ketones (excluding diaryl/α,β-unsaturated/α-hetero) is 1. The summed E-state index contributed by atoms with van der Waals surface area (Å²) < 4.78 is 29.4. The van der Waals surface area contributed by atoms with Gasteiger partial charge in [-0.3, -0.25) is 9.59 Å². The Morgan fingerprint density at radius 1 is 1.06 bits per heavy atom. The van der Waals surface area contributed by atoms with Crippen LogP contribution in [-0.2, 0) is 14.9 Å². The second-order valence-electron chi connectivity index (χ2n) is 8.73. The molecule has 2 aromatic rings. The molecule has 34 heavy (non-hydrogen) atoms. The molecule has 1 unspecified atom stereocenters. The Balaban J connectivity index is 1.66. The number of rotatable bonds is 12. The summed E-state index contributed by atoms with van der Waals surface area (Å²) in [5, 5.41) is 0. The molecule has 0 aliphatic carbocycles. The van der Waals surface area contributed by atoms with E-state index in [4.69, 9.17) is 14.2 Å². The maximum absolute atomic E-state index is 13.1. The Hall–Kier alpha value is -2.93. The minimum atomic E-state index is -0.343. The number of carbonyl (C=O) groups is 2. The van der Waals surface area contributed by atoms with Crippen LogP contribution in [0.3, 0.4) is 0 Å². The predicted molar refractivity (Wildman–Crippen MR) is 128 cm³/mol. The van der Waals surface area contributed by atoms with Crippen molar-refractivity contribution in [3.8, 4) is 11.5 Å². The van der Waals surface area contributed by atoms with E-state index < -0.39 is 0 Å². The third kappa shape index (κ3) is 6.35. The van der Waals surface area contributed by atoms with Gasteiger partial charge in [0.25, 0.3) is 0 Å². The minimum Gasteiger partial charge on any atom is -0.493 e. The Morgan fingerprint density at radius 3 is 2.47 bits per heavy atom. The molecule has 1 fully saturated rings. The number of carbonyl (C=O) groups excluding carboxylic acids is 2. The van der Waals surface area contributed by atoms with E-state index in [2.05, 4.69) is 11.0 Å². The van der Waals surface area contributed by atoms with Gasteiger partial charge in [0.2, 0.25) is 0 Å². The molecule has 7 heteroatoms. The molecule has 0 amide bonds. The van der Waals surface area contributed by atoms with Crippen molar-refractivity contribution in [3.05, 3.63) is 59.4 Å². The maximum atomic E-state index is 13.1. The molecule has 0 saturated carbocycles. The third-order valence-electron chi connectivity index (χ3n) is 6.61. The van der Waals surface area contributed by atoms with Crippen LogP contribution in [0.4, 0.5) is 4.39 Å². The summed E-state index contributed by atoms with van der Waals surface area (Å²) in [6, 6.07) is 11.7. The van der Waals surface area contributed by atoms with Gasteiger partial charge in [0.15, 0.2) is 17.3 Å². The van der Waals surface area contributed by atoms with Crippen LogP contribution in [0.2, 0.25) is 0 Å². The highest BCUT2D eigenvalue weighted by molar-refractivity contribution is 5.95. The molecule has 0 radical (unpaired) electrons. The first-order valence-corrected chi connectivity index (χ1v) is 11.8. The lowest BCUT2D eigenvalue weighted by Gasteiger charge is -2.31. The molecule has 184 valence electrons. The van der Waals surface area contributed by atoms with E-state index in [0.29, 0.717) is 42.9 Å². The number of methoxy groups -OCH3 is 2. The standard InChI is InChI=1S/C27H34FNO5/c1-4-26(31)34-17-14-27(21-9-12-24(32-2)25(18-21)33-3)13-16-29(19-27)15-5-6-23(30)20-7-10-22(28)11-8-20/h7-12,18H,4-6,13-17,19H2,1-3H3. The predicted octanol–water partition coefficient (Wildman–Crippen LogP) is 4.79. The summed E-state index contributed by atoms with van der Waals surface area (Å²) in [5.41, 5.74) is 1.48. The molecule has 6 nitrogen and oxygen atoms in total. The fraction of sp³-hybridized carbons (Fsp3) is 0.481. The van der Waals surface area contributed by atoms with Crippen LogP contribution in [-0.4, -0.2) is 57.1 Å². The number of benzene rings is 2. The highest BCUT2D eigenvalue weighted by Gasteiger charge is 2.40. The fourth-order valence-electron chi connectivity index (χ4n) is 4.60. The number of esters is 1. The summed E-state index contributed by atoms with van der Waals surface area (Å²) in [5.74, 6) is 0.833. The van der Waals surface area contributed by atoms with E-state index in [1.807, 2.05) is 12.1 Å². The van der Waals surface area contributed by atoms with Gasteiger partial charge in [-0.1, -0.05) is 13.0 Å². The zero-order chi connectivity index (χ0) is 24.6. The van der Waals surface area contributed by atoms with E-state index in [9.17, 15) is 14.0 Å². The van der Waals surface area contributed by atoms with E-state index in [1.165, 1.54) is 24.3 Å². The van der Waals surface area contributed by atoms with E-state index in [-0.39, 0.29) is 23.0 Å². The van der Waals surface area contributed by atoms with Gasteiger partial charge >= 0.3 is 5.97 Å². The number of halogens is 1. The Morgan fingerprint density at radius 2 is 1.79 bits per heavy atom. The number of ketones is 1. The largest absolute Gasteiger partial charge is 0.493 e. The lowest BCUT2D eigenvalue weighted by Crippen LogP contribution is -2.33. The Bertz CT molecular complexity index is 977. The van der Waals surface area contributed by atoms with Gasteiger partial charge in [0, 0.05) is 30.4 Å². The lowest BCUT2D eigenvalue weighted by atomic mass is 9.77. The van der Waals surface area contributed by atoms with Crippen LogP contribution >= 0.6 is 0 Å². The summed E-state index contributed by atoms with van der Waals surface area (Å²) in [4.78, 5) is 26.5. The Kier molecular flexibility index (Phi) is 9.05. The zero-order valence-corrected chi connectivity index (χ0v) is 20.3. The monoisotopic (exact) mass is 471 g/mol. The number of likely N-dealkylation sites (tertiary alicyclic amines) is 1. The number of ether oxygens (including phenoxy) is 3. The summed E-state index contributed by atoms with van der Waals surface area (Å²) in [6.45, 7) is 4.63. The van der Waals surface area contributed by atoms with E-state index in [0.717, 1.165) is 38.0 Å². The van der Waals surface area contributed by atoms with Crippen molar-refractivity contribution in [1.29, 1.82) is 0 Å². The molecule has 1 heterocycles. The first kappa shape index (κ1) is 25.7. The molecule has 2 aromatic carbocycles. The number of nitrogens with zero attached hydrogens (tertiary/aromatic N) is 1. The summed E-state index contributed by atoms with van der Waals surface area (Å²) in [6.07, 6.45) is 3.12. The van der Waals surface area contributed by atoms with Crippen LogP contribution in [0.5, 0.6) is 11.5 Å². The van der Waals surface area contributed by atoms with Crippen LogP contribution < -0.4 is 9.47 Å². The minimum absolute atomic E-state index is 0.0248. The molecule has 0 bridgehead atoms. The summed E-state index contributed by atoms with van der Waals surface area (Å²) >= 11 is 0. The highest BCUT2D eigenvalue weighted by atomic mass is 19.1. The number of hydrogen-bond donors (Lipinski definition) is 0. The molecule has 1 atom stereocenters. The van der Waals surface area contributed by atoms with Gasteiger partial charge < -0.3 is 19.1 Å². The smallest absolute Gasteiger partial charge is 0.305 e. The van der Waals surface area contributed by atoms with Crippen molar-refractivity contribution < 1.29 is 28.2 Å². The first-order chi connectivity index (χ1) is 16.4. The quantitative estimate of drug-likeness (QED) is 0.328.